The Morgan fingerprint density at radius 2 is 2.00 bits per heavy atom. The molecule has 0 atom stereocenters. The molecule has 2 aromatic rings. The first-order chi connectivity index (χ1) is 10.1. The van der Waals surface area contributed by atoms with E-state index in [2.05, 4.69) is 22.4 Å². The number of nitrogens with one attached hydrogen (secondary N) is 1. The molecule has 0 saturated heterocycles. The van der Waals surface area contributed by atoms with E-state index < -0.39 is 6.43 Å². The summed E-state index contributed by atoms with van der Waals surface area (Å²) in [5, 5.41) is 11.6. The van der Waals surface area contributed by atoms with Gasteiger partial charge in [-0.1, -0.05) is 6.92 Å². The summed E-state index contributed by atoms with van der Waals surface area (Å²) in [6.07, 6.45) is 2.09. The summed E-state index contributed by atoms with van der Waals surface area (Å²) in [5.74, 6) is 0. The molecule has 0 radical (unpaired) electrons. The van der Waals surface area contributed by atoms with E-state index in [1.165, 1.54) is 4.68 Å². The minimum absolute atomic E-state index is 0. The highest BCUT2D eigenvalue weighted by molar-refractivity contribution is 5.85. The van der Waals surface area contributed by atoms with Gasteiger partial charge in [-0.05, 0) is 19.4 Å². The van der Waals surface area contributed by atoms with Gasteiger partial charge in [-0.2, -0.15) is 10.2 Å². The normalized spacial score (nSPS) is 11.0. The quantitative estimate of drug-likeness (QED) is 0.808. The zero-order valence-electron chi connectivity index (χ0n) is 12.8. The molecule has 0 spiro atoms. The highest BCUT2D eigenvalue weighted by atomic mass is 35.5. The maximum absolute atomic E-state index is 12.4. The second-order valence-electron chi connectivity index (χ2n) is 4.98. The highest BCUT2D eigenvalue weighted by Crippen LogP contribution is 2.09. The van der Waals surface area contributed by atoms with Crippen LogP contribution in [0.1, 0.15) is 30.3 Å². The van der Waals surface area contributed by atoms with Crippen molar-refractivity contribution < 1.29 is 8.78 Å². The third-order valence-corrected chi connectivity index (χ3v) is 3.38. The van der Waals surface area contributed by atoms with Crippen molar-refractivity contribution in [2.75, 3.05) is 0 Å². The van der Waals surface area contributed by atoms with Crippen molar-refractivity contribution in [3.63, 3.8) is 0 Å². The number of rotatable bonds is 8. The lowest BCUT2D eigenvalue weighted by atomic mass is 10.2. The second-order valence-corrected chi connectivity index (χ2v) is 4.98. The average molecular weight is 334 g/mol. The van der Waals surface area contributed by atoms with Crippen LogP contribution in [0.25, 0.3) is 0 Å². The number of aryl methyl sites for hydroxylation is 1. The van der Waals surface area contributed by atoms with Crippen LogP contribution in [0.2, 0.25) is 0 Å². The molecule has 1 N–H and O–H groups in total. The number of hydrogen-bond acceptors (Lipinski definition) is 3. The largest absolute Gasteiger partial charge is 0.307 e. The molecule has 124 valence electrons. The predicted molar refractivity (Wildman–Crippen MR) is 83.3 cm³/mol. The molecule has 0 aromatic carbocycles. The zero-order chi connectivity index (χ0) is 15.2. The molecule has 2 heterocycles. The lowest BCUT2D eigenvalue weighted by Crippen LogP contribution is -2.17. The Bertz CT molecular complexity index is 567. The van der Waals surface area contributed by atoms with Gasteiger partial charge in [0.15, 0.2) is 0 Å². The molecular weight excluding hydrogens is 312 g/mol. The molecule has 0 aliphatic rings. The standard InChI is InChI=1S/C14H21F2N5.ClH/c1-3-6-20-13(4-5-18-20)9-17-7-12-8-19-21(11(12)2)10-14(15)16;/h4-5,8,14,17H,3,6-7,9-10H2,1-2H3;1H. The van der Waals surface area contributed by atoms with Crippen LogP contribution < -0.4 is 5.32 Å². The van der Waals surface area contributed by atoms with E-state index in [1.54, 1.807) is 12.4 Å². The fourth-order valence-corrected chi connectivity index (χ4v) is 2.22. The van der Waals surface area contributed by atoms with Crippen molar-refractivity contribution in [3.05, 3.63) is 35.4 Å². The lowest BCUT2D eigenvalue weighted by molar-refractivity contribution is 0.121. The summed E-state index contributed by atoms with van der Waals surface area (Å²) in [4.78, 5) is 0. The number of halogens is 3. The Kier molecular flexibility index (Phi) is 7.47. The van der Waals surface area contributed by atoms with Crippen LogP contribution in [0.15, 0.2) is 18.5 Å². The summed E-state index contributed by atoms with van der Waals surface area (Å²) in [6, 6.07) is 1.98. The Balaban J connectivity index is 0.00000242. The number of nitrogens with zero attached hydrogens (tertiary/aromatic N) is 4. The van der Waals surface area contributed by atoms with E-state index in [-0.39, 0.29) is 19.0 Å². The van der Waals surface area contributed by atoms with Gasteiger partial charge in [-0.15, -0.1) is 12.4 Å². The lowest BCUT2D eigenvalue weighted by Gasteiger charge is -2.08. The van der Waals surface area contributed by atoms with Gasteiger partial charge in [0.1, 0.15) is 6.54 Å². The van der Waals surface area contributed by atoms with Crippen LogP contribution in [0.3, 0.4) is 0 Å². The molecule has 0 bridgehead atoms. The van der Waals surface area contributed by atoms with E-state index in [9.17, 15) is 8.78 Å². The van der Waals surface area contributed by atoms with Crippen LogP contribution >= 0.6 is 12.4 Å². The Morgan fingerprint density at radius 3 is 2.68 bits per heavy atom. The van der Waals surface area contributed by atoms with Crippen LogP contribution in [-0.4, -0.2) is 26.0 Å². The molecule has 22 heavy (non-hydrogen) atoms. The van der Waals surface area contributed by atoms with Gasteiger partial charge in [-0.3, -0.25) is 9.36 Å². The monoisotopic (exact) mass is 333 g/mol. The van der Waals surface area contributed by atoms with Gasteiger partial charge in [0.05, 0.1) is 11.9 Å². The third kappa shape index (κ3) is 4.78. The Hall–Kier alpha value is -1.47. The molecule has 0 aliphatic heterocycles. The molecule has 0 amide bonds. The van der Waals surface area contributed by atoms with Crippen molar-refractivity contribution in [2.45, 2.75) is 52.9 Å². The van der Waals surface area contributed by atoms with Crippen LogP contribution in [0.5, 0.6) is 0 Å². The van der Waals surface area contributed by atoms with Gasteiger partial charge in [0.2, 0.25) is 0 Å². The number of hydrogen-bond donors (Lipinski definition) is 1. The average Bonchev–Trinajstić information content (AvgIpc) is 3.00. The minimum atomic E-state index is -2.38. The predicted octanol–water partition coefficient (Wildman–Crippen LogP) is 2.77. The maximum atomic E-state index is 12.4. The smallest absolute Gasteiger partial charge is 0.257 e. The third-order valence-electron chi connectivity index (χ3n) is 3.38. The topological polar surface area (TPSA) is 47.7 Å². The summed E-state index contributed by atoms with van der Waals surface area (Å²) >= 11 is 0. The van der Waals surface area contributed by atoms with Crippen molar-refractivity contribution in [1.29, 1.82) is 0 Å². The second kappa shape index (κ2) is 8.85. The van der Waals surface area contributed by atoms with E-state index in [4.69, 9.17) is 0 Å². The Morgan fingerprint density at radius 1 is 1.23 bits per heavy atom. The summed E-state index contributed by atoms with van der Waals surface area (Å²) in [7, 11) is 0. The molecule has 5 nitrogen and oxygen atoms in total. The van der Waals surface area contributed by atoms with Gasteiger partial charge < -0.3 is 5.32 Å². The molecular formula is C14H22ClF2N5. The van der Waals surface area contributed by atoms with Crippen LogP contribution in [0, 0.1) is 6.92 Å². The first-order valence-electron chi connectivity index (χ1n) is 7.12. The fraction of sp³-hybridized carbons (Fsp3) is 0.571. The van der Waals surface area contributed by atoms with E-state index in [0.29, 0.717) is 13.1 Å². The fourth-order valence-electron chi connectivity index (χ4n) is 2.22. The van der Waals surface area contributed by atoms with E-state index >= 15 is 0 Å². The molecule has 0 unspecified atom stereocenters. The van der Waals surface area contributed by atoms with Crippen molar-refractivity contribution in [2.24, 2.45) is 0 Å². The highest BCUT2D eigenvalue weighted by Gasteiger charge is 2.11. The number of alkyl halides is 2. The van der Waals surface area contributed by atoms with Crippen LogP contribution in [-0.2, 0) is 26.2 Å². The molecule has 0 fully saturated rings. The van der Waals surface area contributed by atoms with Crippen LogP contribution in [0.4, 0.5) is 8.78 Å². The molecule has 8 heteroatoms. The summed E-state index contributed by atoms with van der Waals surface area (Å²) in [6.45, 7) is 5.77. The van der Waals surface area contributed by atoms with Crippen molar-refractivity contribution in [1.82, 2.24) is 24.9 Å². The molecule has 2 aromatic heterocycles. The minimum Gasteiger partial charge on any atom is -0.307 e. The van der Waals surface area contributed by atoms with Crippen molar-refractivity contribution in [3.8, 4) is 0 Å². The first kappa shape index (κ1) is 18.6. The Labute approximate surface area is 135 Å². The molecule has 0 saturated carbocycles. The SMILES string of the molecule is CCCn1nccc1CNCc1cnn(CC(F)F)c1C.Cl. The van der Waals surface area contributed by atoms with Gasteiger partial charge in [0.25, 0.3) is 6.43 Å². The van der Waals surface area contributed by atoms with Crippen molar-refractivity contribution >= 4 is 12.4 Å². The summed E-state index contributed by atoms with van der Waals surface area (Å²) < 4.78 is 28.1. The van der Waals surface area contributed by atoms with Gasteiger partial charge in [0, 0.05) is 37.1 Å². The van der Waals surface area contributed by atoms with E-state index in [0.717, 1.165) is 29.9 Å². The molecule has 0 aliphatic carbocycles. The van der Waals surface area contributed by atoms with Gasteiger partial charge >= 0.3 is 0 Å². The summed E-state index contributed by atoms with van der Waals surface area (Å²) in [5.41, 5.74) is 2.84. The van der Waals surface area contributed by atoms with Gasteiger partial charge in [-0.25, -0.2) is 8.78 Å². The van der Waals surface area contributed by atoms with E-state index in [1.807, 2.05) is 17.7 Å². The zero-order valence-corrected chi connectivity index (χ0v) is 13.6. The molecule has 2 rings (SSSR count). The maximum Gasteiger partial charge on any atom is 0.257 e. The number of aromatic nitrogens is 4. The first-order valence-corrected chi connectivity index (χ1v) is 7.12.